The molecule has 2 fully saturated rings. The van der Waals surface area contributed by atoms with Crippen molar-refractivity contribution >= 4 is 11.6 Å². The van der Waals surface area contributed by atoms with Gasteiger partial charge in [0, 0.05) is 12.6 Å². The summed E-state index contributed by atoms with van der Waals surface area (Å²) >= 11 is 0. The molecule has 2 aliphatic carbocycles. The van der Waals surface area contributed by atoms with Crippen LogP contribution in [0.3, 0.4) is 0 Å². The minimum atomic E-state index is -0.0724. The van der Waals surface area contributed by atoms with E-state index >= 15 is 0 Å². The lowest BCUT2D eigenvalue weighted by atomic mass is 9.88. The molecule has 3 rings (SSSR count). The molecular formula is C17H24N2O2. The quantitative estimate of drug-likeness (QED) is 0.660. The van der Waals surface area contributed by atoms with Crippen molar-refractivity contribution in [3.8, 4) is 5.75 Å². The molecular weight excluding hydrogens is 264 g/mol. The highest BCUT2D eigenvalue weighted by molar-refractivity contribution is 5.98. The van der Waals surface area contributed by atoms with E-state index in [0.29, 0.717) is 17.5 Å². The molecule has 1 aromatic rings. The molecule has 1 amide bonds. The van der Waals surface area contributed by atoms with Crippen LogP contribution in [0.1, 0.15) is 55.3 Å². The monoisotopic (exact) mass is 288 g/mol. The maximum atomic E-state index is 12.8. The predicted octanol–water partition coefficient (Wildman–Crippen LogP) is 3.16. The average molecular weight is 288 g/mol. The fourth-order valence-electron chi connectivity index (χ4n) is 3.32. The summed E-state index contributed by atoms with van der Waals surface area (Å²) in [6, 6.07) is 5.38. The van der Waals surface area contributed by atoms with Gasteiger partial charge < -0.3 is 15.7 Å². The molecule has 0 aromatic heterocycles. The first-order chi connectivity index (χ1) is 10.2. The summed E-state index contributed by atoms with van der Waals surface area (Å²) < 4.78 is 0. The highest BCUT2D eigenvalue weighted by Gasteiger charge is 2.35. The SMILES string of the molecule is Nc1cccc(C(=O)N(CC2CCCCC2)C2CC2)c1O. The second kappa shape index (κ2) is 5.96. The average Bonchev–Trinajstić information content (AvgIpc) is 3.33. The van der Waals surface area contributed by atoms with E-state index in [4.69, 9.17) is 5.73 Å². The number of nitrogen functional groups attached to an aromatic ring is 1. The molecule has 0 spiro atoms. The van der Waals surface area contributed by atoms with E-state index in [-0.39, 0.29) is 17.3 Å². The number of carbonyl (C=O) groups is 1. The molecule has 0 radical (unpaired) electrons. The Labute approximate surface area is 125 Å². The van der Waals surface area contributed by atoms with Gasteiger partial charge in [0.15, 0.2) is 5.75 Å². The Balaban J connectivity index is 1.76. The minimum Gasteiger partial charge on any atom is -0.505 e. The summed E-state index contributed by atoms with van der Waals surface area (Å²) in [5.41, 5.74) is 6.33. The lowest BCUT2D eigenvalue weighted by Gasteiger charge is -2.30. The van der Waals surface area contributed by atoms with Crippen molar-refractivity contribution in [2.24, 2.45) is 5.92 Å². The van der Waals surface area contributed by atoms with E-state index in [0.717, 1.165) is 19.4 Å². The summed E-state index contributed by atoms with van der Waals surface area (Å²) in [5, 5.41) is 10.1. The number of hydrogen-bond donors (Lipinski definition) is 2. The summed E-state index contributed by atoms with van der Waals surface area (Å²) in [4.78, 5) is 14.8. The highest BCUT2D eigenvalue weighted by Crippen LogP contribution is 2.34. The fourth-order valence-corrected chi connectivity index (χ4v) is 3.32. The number of rotatable bonds is 4. The van der Waals surface area contributed by atoms with Crippen molar-refractivity contribution < 1.29 is 9.90 Å². The van der Waals surface area contributed by atoms with Gasteiger partial charge in [-0.25, -0.2) is 0 Å². The molecule has 2 aliphatic rings. The van der Waals surface area contributed by atoms with Gasteiger partial charge in [-0.2, -0.15) is 0 Å². The van der Waals surface area contributed by atoms with Gasteiger partial charge in [-0.3, -0.25) is 4.79 Å². The normalized spacial score (nSPS) is 19.4. The lowest BCUT2D eigenvalue weighted by Crippen LogP contribution is -2.37. The summed E-state index contributed by atoms with van der Waals surface area (Å²) in [6.07, 6.45) is 8.49. The van der Waals surface area contributed by atoms with Gasteiger partial charge in [-0.1, -0.05) is 25.3 Å². The second-order valence-corrected chi connectivity index (χ2v) is 6.44. The van der Waals surface area contributed by atoms with Crippen LogP contribution >= 0.6 is 0 Å². The second-order valence-electron chi connectivity index (χ2n) is 6.44. The highest BCUT2D eigenvalue weighted by atomic mass is 16.3. The molecule has 0 bridgehead atoms. The number of nitrogens with zero attached hydrogens (tertiary/aromatic N) is 1. The zero-order valence-corrected chi connectivity index (χ0v) is 12.4. The van der Waals surface area contributed by atoms with Crippen LogP contribution in [0.25, 0.3) is 0 Å². The number of phenolic OH excluding ortho intramolecular Hbond substituents is 1. The number of carbonyl (C=O) groups excluding carboxylic acids is 1. The summed E-state index contributed by atoms with van der Waals surface area (Å²) in [5.74, 6) is 0.483. The molecule has 0 aliphatic heterocycles. The zero-order chi connectivity index (χ0) is 14.8. The van der Waals surface area contributed by atoms with Gasteiger partial charge in [0.2, 0.25) is 0 Å². The fraction of sp³-hybridized carbons (Fsp3) is 0.588. The van der Waals surface area contributed by atoms with E-state index in [9.17, 15) is 9.90 Å². The molecule has 0 unspecified atom stereocenters. The Hall–Kier alpha value is -1.71. The smallest absolute Gasteiger partial charge is 0.257 e. The number of nitrogens with two attached hydrogens (primary N) is 1. The molecule has 2 saturated carbocycles. The first kappa shape index (κ1) is 14.2. The minimum absolute atomic E-state index is 0.0622. The van der Waals surface area contributed by atoms with Crippen LogP contribution in [-0.2, 0) is 0 Å². The van der Waals surface area contributed by atoms with E-state index < -0.39 is 0 Å². The van der Waals surface area contributed by atoms with Gasteiger partial charge in [0.25, 0.3) is 5.91 Å². The van der Waals surface area contributed by atoms with Crippen LogP contribution in [0.5, 0.6) is 5.75 Å². The number of para-hydroxylation sites is 1. The van der Waals surface area contributed by atoms with Crippen molar-refractivity contribution in [3.63, 3.8) is 0 Å². The Morgan fingerprint density at radius 1 is 1.19 bits per heavy atom. The number of phenols is 1. The van der Waals surface area contributed by atoms with Crippen molar-refractivity contribution in [2.75, 3.05) is 12.3 Å². The molecule has 4 nitrogen and oxygen atoms in total. The molecule has 0 atom stereocenters. The first-order valence-electron chi connectivity index (χ1n) is 8.05. The molecule has 21 heavy (non-hydrogen) atoms. The molecule has 3 N–H and O–H groups in total. The molecule has 1 aromatic carbocycles. The third kappa shape index (κ3) is 3.14. The van der Waals surface area contributed by atoms with Crippen LogP contribution in [-0.4, -0.2) is 28.5 Å². The number of aromatic hydroxyl groups is 1. The molecule has 114 valence electrons. The summed E-state index contributed by atoms with van der Waals surface area (Å²) in [6.45, 7) is 0.831. The number of hydrogen-bond acceptors (Lipinski definition) is 3. The van der Waals surface area contributed by atoms with E-state index in [1.807, 2.05) is 4.90 Å². The maximum absolute atomic E-state index is 12.8. The van der Waals surface area contributed by atoms with Gasteiger partial charge in [-0.05, 0) is 43.7 Å². The Morgan fingerprint density at radius 2 is 1.90 bits per heavy atom. The molecule has 0 heterocycles. The Morgan fingerprint density at radius 3 is 2.57 bits per heavy atom. The Kier molecular flexibility index (Phi) is 4.04. The van der Waals surface area contributed by atoms with Crippen LogP contribution < -0.4 is 5.73 Å². The van der Waals surface area contributed by atoms with Crippen LogP contribution in [0, 0.1) is 5.92 Å². The molecule has 0 saturated heterocycles. The van der Waals surface area contributed by atoms with Crippen LogP contribution in [0.2, 0.25) is 0 Å². The summed E-state index contributed by atoms with van der Waals surface area (Å²) in [7, 11) is 0. The topological polar surface area (TPSA) is 66.6 Å². The third-order valence-electron chi connectivity index (χ3n) is 4.73. The van der Waals surface area contributed by atoms with E-state index in [1.165, 1.54) is 32.1 Å². The van der Waals surface area contributed by atoms with E-state index in [2.05, 4.69) is 0 Å². The van der Waals surface area contributed by atoms with Gasteiger partial charge >= 0.3 is 0 Å². The van der Waals surface area contributed by atoms with Gasteiger partial charge in [0.1, 0.15) is 0 Å². The van der Waals surface area contributed by atoms with Crippen LogP contribution in [0.15, 0.2) is 18.2 Å². The van der Waals surface area contributed by atoms with Gasteiger partial charge in [0.05, 0.1) is 11.3 Å². The van der Waals surface area contributed by atoms with Crippen molar-refractivity contribution in [1.82, 2.24) is 4.90 Å². The van der Waals surface area contributed by atoms with Crippen molar-refractivity contribution in [1.29, 1.82) is 0 Å². The Bertz CT molecular complexity index is 520. The zero-order valence-electron chi connectivity index (χ0n) is 12.4. The largest absolute Gasteiger partial charge is 0.505 e. The standard InChI is InChI=1S/C17H24N2O2/c18-15-8-4-7-14(16(15)20)17(21)19(13-9-10-13)11-12-5-2-1-3-6-12/h4,7-8,12-13,20H,1-3,5-6,9-11,18H2. The van der Waals surface area contributed by atoms with Gasteiger partial charge in [-0.15, -0.1) is 0 Å². The van der Waals surface area contributed by atoms with Crippen molar-refractivity contribution in [3.05, 3.63) is 23.8 Å². The number of anilines is 1. The maximum Gasteiger partial charge on any atom is 0.257 e. The number of amides is 1. The molecule has 4 heteroatoms. The van der Waals surface area contributed by atoms with Crippen molar-refractivity contribution in [2.45, 2.75) is 51.0 Å². The van der Waals surface area contributed by atoms with Crippen LogP contribution in [0.4, 0.5) is 5.69 Å². The third-order valence-corrected chi connectivity index (χ3v) is 4.73. The predicted molar refractivity (Wildman–Crippen MR) is 83.2 cm³/mol. The lowest BCUT2D eigenvalue weighted by molar-refractivity contribution is 0.0696. The van der Waals surface area contributed by atoms with E-state index in [1.54, 1.807) is 18.2 Å². The first-order valence-corrected chi connectivity index (χ1v) is 8.05. The number of benzene rings is 1.